The van der Waals surface area contributed by atoms with Gasteiger partial charge in [0.15, 0.2) is 0 Å². The Labute approximate surface area is 201 Å². The van der Waals surface area contributed by atoms with E-state index in [-0.39, 0.29) is 11.9 Å². The maximum absolute atomic E-state index is 13.4. The lowest BCUT2D eigenvalue weighted by Crippen LogP contribution is -2.61. The number of hydrogen-bond acceptors (Lipinski definition) is 4. The third-order valence-electron chi connectivity index (χ3n) is 6.75. The third kappa shape index (κ3) is 4.64. The second kappa shape index (κ2) is 9.33. The van der Waals surface area contributed by atoms with Crippen molar-refractivity contribution < 1.29 is 18.0 Å². The van der Waals surface area contributed by atoms with E-state index in [2.05, 4.69) is 27.2 Å². The van der Waals surface area contributed by atoms with Crippen molar-refractivity contribution in [3.8, 4) is 0 Å². The highest BCUT2D eigenvalue weighted by Gasteiger charge is 2.42. The number of alkyl halides is 3. The number of nitrogens with zero attached hydrogens (tertiary/aromatic N) is 2. The SMILES string of the molecule is O=C(NCCc1cccs1)C1Cc2cc(C(F)(F)F)ccc2N2CCN(c3ccccc3)CC12. The first-order chi connectivity index (χ1) is 16.4. The molecule has 0 saturated carbocycles. The molecule has 2 aromatic carbocycles. The van der Waals surface area contributed by atoms with Crippen LogP contribution >= 0.6 is 11.3 Å². The molecule has 0 aliphatic carbocycles. The molecule has 3 heterocycles. The molecule has 1 saturated heterocycles. The van der Waals surface area contributed by atoms with Crippen LogP contribution in [0.3, 0.4) is 0 Å². The van der Waals surface area contributed by atoms with Crippen molar-refractivity contribution in [3.63, 3.8) is 0 Å². The van der Waals surface area contributed by atoms with Gasteiger partial charge in [-0.3, -0.25) is 4.79 Å². The minimum absolute atomic E-state index is 0.0930. The molecule has 8 heteroatoms. The van der Waals surface area contributed by atoms with Gasteiger partial charge in [0.2, 0.25) is 5.91 Å². The van der Waals surface area contributed by atoms with Gasteiger partial charge in [0.25, 0.3) is 0 Å². The summed E-state index contributed by atoms with van der Waals surface area (Å²) >= 11 is 1.65. The van der Waals surface area contributed by atoms with Gasteiger partial charge >= 0.3 is 6.18 Å². The molecule has 2 atom stereocenters. The molecule has 4 nitrogen and oxygen atoms in total. The van der Waals surface area contributed by atoms with Crippen molar-refractivity contribution in [1.29, 1.82) is 0 Å². The van der Waals surface area contributed by atoms with E-state index in [1.807, 2.05) is 35.7 Å². The Hall–Kier alpha value is -3.00. The lowest BCUT2D eigenvalue weighted by atomic mass is 9.82. The Balaban J connectivity index is 1.41. The summed E-state index contributed by atoms with van der Waals surface area (Å²) in [7, 11) is 0. The first-order valence-electron chi connectivity index (χ1n) is 11.5. The summed E-state index contributed by atoms with van der Waals surface area (Å²) in [5.41, 5.74) is 1.84. The van der Waals surface area contributed by atoms with Gasteiger partial charge in [-0.25, -0.2) is 0 Å². The van der Waals surface area contributed by atoms with Gasteiger partial charge in [-0.05, 0) is 60.2 Å². The molecule has 2 aliphatic heterocycles. The minimum atomic E-state index is -4.41. The van der Waals surface area contributed by atoms with Gasteiger partial charge in [0, 0.05) is 42.4 Å². The quantitative estimate of drug-likeness (QED) is 0.553. The van der Waals surface area contributed by atoms with Crippen LogP contribution in [0.2, 0.25) is 0 Å². The van der Waals surface area contributed by atoms with Gasteiger partial charge in [-0.2, -0.15) is 13.2 Å². The van der Waals surface area contributed by atoms with Gasteiger partial charge in [0.05, 0.1) is 17.5 Å². The van der Waals surface area contributed by atoms with Crippen molar-refractivity contribution >= 4 is 28.6 Å². The molecule has 3 aromatic rings. The Morgan fingerprint density at radius 1 is 1.06 bits per heavy atom. The van der Waals surface area contributed by atoms with Crippen LogP contribution < -0.4 is 15.1 Å². The summed E-state index contributed by atoms with van der Waals surface area (Å²) < 4.78 is 40.2. The second-order valence-corrected chi connectivity index (χ2v) is 9.85. The first-order valence-corrected chi connectivity index (χ1v) is 12.3. The van der Waals surface area contributed by atoms with Gasteiger partial charge < -0.3 is 15.1 Å². The average Bonchev–Trinajstić information content (AvgIpc) is 3.36. The molecule has 5 rings (SSSR count). The molecule has 0 radical (unpaired) electrons. The summed E-state index contributed by atoms with van der Waals surface area (Å²) in [5, 5.41) is 5.06. The molecule has 1 N–H and O–H groups in total. The van der Waals surface area contributed by atoms with Crippen molar-refractivity contribution in [2.45, 2.75) is 25.1 Å². The molecule has 178 valence electrons. The highest BCUT2D eigenvalue weighted by atomic mass is 32.1. The average molecular weight is 486 g/mol. The highest BCUT2D eigenvalue weighted by molar-refractivity contribution is 7.09. The van der Waals surface area contributed by atoms with Crippen LogP contribution in [-0.2, 0) is 23.8 Å². The van der Waals surface area contributed by atoms with Crippen molar-refractivity contribution in [2.75, 3.05) is 36.0 Å². The lowest BCUT2D eigenvalue weighted by Gasteiger charge is -2.49. The number of rotatable bonds is 5. The van der Waals surface area contributed by atoms with E-state index in [1.54, 1.807) is 17.4 Å². The minimum Gasteiger partial charge on any atom is -0.368 e. The summed E-state index contributed by atoms with van der Waals surface area (Å²) in [6, 6.07) is 17.9. The predicted octanol–water partition coefficient (Wildman–Crippen LogP) is 4.99. The standard InChI is InChI=1S/C26H26F3N3OS/c27-26(28,29)19-8-9-23-18(15-19)16-22(25(33)30-11-10-21-7-4-14-34-21)24-17-31(12-13-32(23)24)20-5-2-1-3-6-20/h1-9,14-15,22,24H,10-13,16-17H2,(H,30,33). The molecule has 0 spiro atoms. The second-order valence-electron chi connectivity index (χ2n) is 8.81. The number of amides is 1. The fourth-order valence-corrected chi connectivity index (χ4v) is 5.78. The number of fused-ring (bicyclic) bond motifs is 3. The van der Waals surface area contributed by atoms with Crippen molar-refractivity contribution in [1.82, 2.24) is 5.32 Å². The molecular formula is C26H26F3N3OS. The predicted molar refractivity (Wildman–Crippen MR) is 129 cm³/mol. The Kier molecular flexibility index (Phi) is 6.25. The Bertz CT molecular complexity index is 1130. The zero-order valence-electron chi connectivity index (χ0n) is 18.6. The number of nitrogens with one attached hydrogen (secondary N) is 1. The van der Waals surface area contributed by atoms with E-state index in [0.29, 0.717) is 31.6 Å². The number of carbonyl (C=O) groups is 1. The number of para-hydroxylation sites is 1. The van der Waals surface area contributed by atoms with Crippen LogP contribution in [0.4, 0.5) is 24.5 Å². The number of halogens is 3. The smallest absolute Gasteiger partial charge is 0.368 e. The Morgan fingerprint density at radius 3 is 2.62 bits per heavy atom. The van der Waals surface area contributed by atoms with Crippen molar-refractivity contribution in [3.05, 3.63) is 82.0 Å². The van der Waals surface area contributed by atoms with Crippen LogP contribution in [-0.4, -0.2) is 38.1 Å². The molecule has 2 unspecified atom stereocenters. The van der Waals surface area contributed by atoms with Crippen LogP contribution in [0, 0.1) is 5.92 Å². The number of carbonyl (C=O) groups excluding carboxylic acids is 1. The van der Waals surface area contributed by atoms with E-state index in [0.717, 1.165) is 30.4 Å². The van der Waals surface area contributed by atoms with E-state index in [9.17, 15) is 18.0 Å². The molecule has 1 fully saturated rings. The van der Waals surface area contributed by atoms with E-state index in [1.165, 1.54) is 10.9 Å². The van der Waals surface area contributed by atoms with Crippen LogP contribution in [0.25, 0.3) is 0 Å². The molecule has 34 heavy (non-hydrogen) atoms. The maximum Gasteiger partial charge on any atom is 0.416 e. The van der Waals surface area contributed by atoms with Gasteiger partial charge in [-0.15, -0.1) is 11.3 Å². The summed E-state index contributed by atoms with van der Waals surface area (Å²) in [5.74, 6) is -0.518. The summed E-state index contributed by atoms with van der Waals surface area (Å²) in [4.78, 5) is 18.9. The van der Waals surface area contributed by atoms with E-state index < -0.39 is 17.7 Å². The van der Waals surface area contributed by atoms with Crippen LogP contribution in [0.5, 0.6) is 0 Å². The fourth-order valence-electron chi connectivity index (χ4n) is 5.07. The van der Waals surface area contributed by atoms with Crippen LogP contribution in [0.15, 0.2) is 66.0 Å². The zero-order valence-corrected chi connectivity index (χ0v) is 19.4. The summed E-state index contributed by atoms with van der Waals surface area (Å²) in [6.07, 6.45) is -3.36. The van der Waals surface area contributed by atoms with Crippen molar-refractivity contribution in [2.24, 2.45) is 5.92 Å². The number of piperazine rings is 1. The first kappa shape index (κ1) is 22.8. The van der Waals surface area contributed by atoms with E-state index >= 15 is 0 Å². The molecule has 1 aromatic heterocycles. The normalized spacial score (nSPS) is 20.0. The lowest BCUT2D eigenvalue weighted by molar-refractivity contribution is -0.137. The molecule has 2 aliphatic rings. The Morgan fingerprint density at radius 2 is 1.88 bits per heavy atom. The molecule has 0 bridgehead atoms. The fraction of sp³-hybridized carbons (Fsp3) is 0.346. The largest absolute Gasteiger partial charge is 0.416 e. The maximum atomic E-state index is 13.4. The van der Waals surface area contributed by atoms with Crippen LogP contribution in [0.1, 0.15) is 16.0 Å². The summed E-state index contributed by atoms with van der Waals surface area (Å²) in [6.45, 7) is 2.55. The van der Waals surface area contributed by atoms with Gasteiger partial charge in [0.1, 0.15) is 0 Å². The number of anilines is 2. The zero-order chi connectivity index (χ0) is 23.7. The topological polar surface area (TPSA) is 35.6 Å². The third-order valence-corrected chi connectivity index (χ3v) is 7.68. The highest BCUT2D eigenvalue weighted by Crippen LogP contribution is 2.40. The van der Waals surface area contributed by atoms with Gasteiger partial charge in [-0.1, -0.05) is 24.3 Å². The number of benzene rings is 2. The molecule has 1 amide bonds. The number of hydrogen-bond donors (Lipinski definition) is 1. The number of thiophene rings is 1. The molecular weight excluding hydrogens is 459 g/mol. The van der Waals surface area contributed by atoms with E-state index in [4.69, 9.17) is 0 Å². The monoisotopic (exact) mass is 485 g/mol.